The summed E-state index contributed by atoms with van der Waals surface area (Å²) in [6.45, 7) is 1.40. The molecule has 0 saturated carbocycles. The van der Waals surface area contributed by atoms with Gasteiger partial charge < -0.3 is 10.1 Å². The molecule has 2 heterocycles. The van der Waals surface area contributed by atoms with E-state index < -0.39 is 29.1 Å². The van der Waals surface area contributed by atoms with Gasteiger partial charge in [0.2, 0.25) is 0 Å². The fourth-order valence-electron chi connectivity index (χ4n) is 3.25. The standard InChI is InChI=1S/C22H16F2N2O4S/c1-2-30-18(27)11-26-21(29)17(9-12-3-5-13(23)6-4-12)31-22(26)19-15-8-7-14(24)10-16(15)25-20(19)28/h3-10H,2,11H2,1H3,(H,25,28)/b17-9-,22-19+. The Balaban J connectivity index is 1.99. The maximum atomic E-state index is 13.6. The fourth-order valence-corrected chi connectivity index (χ4v) is 4.42. The van der Waals surface area contributed by atoms with Crippen LogP contribution in [0.3, 0.4) is 0 Å². The zero-order valence-corrected chi connectivity index (χ0v) is 17.1. The van der Waals surface area contributed by atoms with E-state index in [2.05, 4.69) is 5.32 Å². The highest BCUT2D eigenvalue weighted by atomic mass is 32.1. The normalized spacial score (nSPS) is 15.1. The maximum Gasteiger partial charge on any atom is 0.326 e. The van der Waals surface area contributed by atoms with Gasteiger partial charge in [0.15, 0.2) is 0 Å². The van der Waals surface area contributed by atoms with Gasteiger partial charge in [0.05, 0.1) is 22.4 Å². The Morgan fingerprint density at radius 2 is 1.84 bits per heavy atom. The van der Waals surface area contributed by atoms with Gasteiger partial charge in [0.25, 0.3) is 11.5 Å². The lowest BCUT2D eigenvalue weighted by atomic mass is 10.1. The number of aromatic nitrogens is 1. The van der Waals surface area contributed by atoms with E-state index in [0.717, 1.165) is 11.3 Å². The van der Waals surface area contributed by atoms with E-state index in [9.17, 15) is 23.2 Å². The molecule has 0 saturated heterocycles. The first-order valence-corrected chi connectivity index (χ1v) is 10.2. The number of benzene rings is 2. The van der Waals surface area contributed by atoms with Gasteiger partial charge in [-0.1, -0.05) is 12.1 Å². The molecule has 1 aromatic heterocycles. The summed E-state index contributed by atoms with van der Waals surface area (Å²) < 4.78 is 33.4. The van der Waals surface area contributed by atoms with Crippen LogP contribution in [0.1, 0.15) is 18.1 Å². The first-order chi connectivity index (χ1) is 14.9. The molecule has 1 aliphatic heterocycles. The molecule has 4 rings (SSSR count). The lowest BCUT2D eigenvalue weighted by molar-refractivity contribution is -0.143. The number of rotatable bonds is 4. The topological polar surface area (TPSA) is 77.4 Å². The number of carbonyl (C=O) groups is 2. The SMILES string of the molecule is CCOC(=O)Cn1c(=O)/c(=C/c2ccc(F)cc2)s/c1=C1/C(=O)Nc2cc(F)ccc21. The lowest BCUT2D eigenvalue weighted by Gasteiger charge is -2.04. The largest absolute Gasteiger partial charge is 0.465 e. The number of amides is 1. The number of hydrogen-bond acceptors (Lipinski definition) is 5. The van der Waals surface area contributed by atoms with Crippen molar-refractivity contribution in [3.8, 4) is 0 Å². The molecular weight excluding hydrogens is 426 g/mol. The van der Waals surface area contributed by atoms with Crippen LogP contribution in [0.5, 0.6) is 0 Å². The Hall–Kier alpha value is -3.59. The minimum absolute atomic E-state index is 0.140. The second kappa shape index (κ2) is 8.27. The average molecular weight is 442 g/mol. The number of nitrogens with zero attached hydrogens (tertiary/aromatic N) is 1. The molecule has 0 atom stereocenters. The van der Waals surface area contributed by atoms with Gasteiger partial charge >= 0.3 is 5.97 Å². The number of hydrogen-bond donors (Lipinski definition) is 1. The van der Waals surface area contributed by atoms with Gasteiger partial charge in [-0.15, -0.1) is 11.3 Å². The van der Waals surface area contributed by atoms with Crippen molar-refractivity contribution >= 4 is 40.5 Å². The number of nitrogens with one attached hydrogen (secondary N) is 1. The zero-order valence-electron chi connectivity index (χ0n) is 16.3. The molecule has 9 heteroatoms. The number of thiazole rings is 1. The van der Waals surface area contributed by atoms with Crippen molar-refractivity contribution < 1.29 is 23.1 Å². The molecule has 31 heavy (non-hydrogen) atoms. The van der Waals surface area contributed by atoms with E-state index in [1.807, 2.05) is 0 Å². The smallest absolute Gasteiger partial charge is 0.326 e. The summed E-state index contributed by atoms with van der Waals surface area (Å²) in [6, 6.07) is 9.40. The predicted molar refractivity (Wildman–Crippen MR) is 112 cm³/mol. The number of carbonyl (C=O) groups excluding carboxylic acids is 2. The second-order valence-corrected chi connectivity index (χ2v) is 7.71. The maximum absolute atomic E-state index is 13.6. The van der Waals surface area contributed by atoms with Crippen LogP contribution >= 0.6 is 11.3 Å². The van der Waals surface area contributed by atoms with E-state index in [1.165, 1.54) is 47.0 Å². The Labute approximate surface area is 178 Å². The molecule has 1 aliphatic rings. The van der Waals surface area contributed by atoms with Crippen LogP contribution in [-0.4, -0.2) is 23.1 Å². The molecule has 0 spiro atoms. The Morgan fingerprint density at radius 3 is 2.55 bits per heavy atom. The van der Waals surface area contributed by atoms with Crippen LogP contribution in [0.25, 0.3) is 11.6 Å². The van der Waals surface area contributed by atoms with E-state index in [1.54, 1.807) is 13.0 Å². The highest BCUT2D eigenvalue weighted by Crippen LogP contribution is 2.30. The minimum Gasteiger partial charge on any atom is -0.465 e. The monoisotopic (exact) mass is 442 g/mol. The van der Waals surface area contributed by atoms with Crippen LogP contribution in [0, 0.1) is 11.6 Å². The Morgan fingerprint density at radius 1 is 1.13 bits per heavy atom. The number of ether oxygens (including phenoxy) is 1. The van der Waals surface area contributed by atoms with Crippen molar-refractivity contribution in [3.63, 3.8) is 0 Å². The molecule has 0 radical (unpaired) electrons. The zero-order chi connectivity index (χ0) is 22.1. The molecule has 0 aliphatic carbocycles. The lowest BCUT2D eigenvalue weighted by Crippen LogP contribution is -2.36. The van der Waals surface area contributed by atoms with E-state index in [-0.39, 0.29) is 33.6 Å². The number of halogens is 2. The van der Waals surface area contributed by atoms with Gasteiger partial charge in [-0.2, -0.15) is 0 Å². The van der Waals surface area contributed by atoms with Gasteiger partial charge in [-0.3, -0.25) is 19.0 Å². The summed E-state index contributed by atoms with van der Waals surface area (Å²) in [5.74, 6) is -2.06. The number of esters is 1. The third-order valence-electron chi connectivity index (χ3n) is 4.61. The van der Waals surface area contributed by atoms with Crippen LogP contribution in [0.2, 0.25) is 0 Å². The fraction of sp³-hybridized carbons (Fsp3) is 0.136. The van der Waals surface area contributed by atoms with Crippen molar-refractivity contribution in [1.29, 1.82) is 0 Å². The molecule has 0 bridgehead atoms. The molecule has 0 fully saturated rings. The quantitative estimate of drug-likeness (QED) is 0.625. The van der Waals surface area contributed by atoms with Crippen LogP contribution < -0.4 is 20.1 Å². The summed E-state index contributed by atoms with van der Waals surface area (Å²) in [7, 11) is 0. The van der Waals surface area contributed by atoms with Crippen LogP contribution in [0.15, 0.2) is 47.3 Å². The van der Waals surface area contributed by atoms with Gasteiger partial charge in [-0.25, -0.2) is 8.78 Å². The van der Waals surface area contributed by atoms with Crippen molar-refractivity contribution in [3.05, 3.63) is 84.8 Å². The first-order valence-electron chi connectivity index (χ1n) is 9.35. The Bertz CT molecular complexity index is 1370. The van der Waals surface area contributed by atoms with Crippen molar-refractivity contribution in [2.24, 2.45) is 0 Å². The highest BCUT2D eigenvalue weighted by molar-refractivity contribution is 7.07. The van der Waals surface area contributed by atoms with Gasteiger partial charge in [0.1, 0.15) is 22.8 Å². The highest BCUT2D eigenvalue weighted by Gasteiger charge is 2.28. The minimum atomic E-state index is -0.629. The van der Waals surface area contributed by atoms with Gasteiger partial charge in [0, 0.05) is 5.56 Å². The molecular formula is C22H16F2N2O4S. The molecule has 6 nitrogen and oxygen atoms in total. The molecule has 1 N–H and O–H groups in total. The van der Waals surface area contributed by atoms with Crippen molar-refractivity contribution in [2.45, 2.75) is 13.5 Å². The average Bonchev–Trinajstić information content (AvgIpc) is 3.19. The van der Waals surface area contributed by atoms with Gasteiger partial charge in [-0.05, 0) is 48.9 Å². The Kier molecular flexibility index (Phi) is 5.51. The number of anilines is 1. The third kappa shape index (κ3) is 4.04. The first kappa shape index (κ1) is 20.7. The molecule has 0 unspecified atom stereocenters. The molecule has 2 aromatic carbocycles. The molecule has 3 aromatic rings. The van der Waals surface area contributed by atoms with E-state index in [0.29, 0.717) is 11.1 Å². The number of fused-ring (bicyclic) bond motifs is 1. The summed E-state index contributed by atoms with van der Waals surface area (Å²) in [5.41, 5.74) is 0.970. The van der Waals surface area contributed by atoms with Crippen LogP contribution in [0.4, 0.5) is 14.5 Å². The van der Waals surface area contributed by atoms with Crippen LogP contribution in [-0.2, 0) is 20.9 Å². The third-order valence-corrected chi connectivity index (χ3v) is 5.74. The van der Waals surface area contributed by atoms with Crippen molar-refractivity contribution in [1.82, 2.24) is 4.57 Å². The summed E-state index contributed by atoms with van der Waals surface area (Å²) in [6.07, 6.45) is 1.55. The molecule has 1 amide bonds. The molecule has 158 valence electrons. The summed E-state index contributed by atoms with van der Waals surface area (Å²) in [4.78, 5) is 37.9. The van der Waals surface area contributed by atoms with E-state index >= 15 is 0 Å². The summed E-state index contributed by atoms with van der Waals surface area (Å²) >= 11 is 1.02. The summed E-state index contributed by atoms with van der Waals surface area (Å²) in [5, 5.41) is 2.58. The van der Waals surface area contributed by atoms with Crippen molar-refractivity contribution in [2.75, 3.05) is 11.9 Å². The van der Waals surface area contributed by atoms with E-state index in [4.69, 9.17) is 4.74 Å². The predicted octanol–water partition coefficient (Wildman–Crippen LogP) is 1.73. The second-order valence-electron chi connectivity index (χ2n) is 6.68.